The lowest BCUT2D eigenvalue weighted by molar-refractivity contribution is 0.322. The second kappa shape index (κ2) is 7.17. The molecule has 142 valence electrons. The smallest absolute Gasteiger partial charge is 0.203 e. The maximum atomic E-state index is 6.53. The molecule has 0 aromatic heterocycles. The number of hydrogen-bond acceptors (Lipinski definition) is 4. The summed E-state index contributed by atoms with van der Waals surface area (Å²) in [6.45, 7) is 0. The third-order valence-electron chi connectivity index (χ3n) is 5.47. The summed E-state index contributed by atoms with van der Waals surface area (Å²) in [7, 11) is 4.86. The number of rotatable bonds is 4. The highest BCUT2D eigenvalue weighted by Crippen LogP contribution is 2.53. The molecule has 0 amide bonds. The van der Waals surface area contributed by atoms with Crippen molar-refractivity contribution in [1.82, 2.24) is 0 Å². The van der Waals surface area contributed by atoms with Crippen LogP contribution in [-0.4, -0.2) is 21.3 Å². The van der Waals surface area contributed by atoms with Crippen molar-refractivity contribution in [2.45, 2.75) is 18.4 Å². The highest BCUT2D eigenvalue weighted by Gasteiger charge is 2.39. The molecule has 4 nitrogen and oxygen atoms in total. The van der Waals surface area contributed by atoms with Crippen LogP contribution in [0.5, 0.6) is 17.2 Å². The Balaban J connectivity index is 1.84. The molecule has 1 heterocycles. The van der Waals surface area contributed by atoms with E-state index < -0.39 is 0 Å². The molecule has 0 bridgehead atoms. The summed E-state index contributed by atoms with van der Waals surface area (Å²) >= 11 is 12.8. The molecule has 2 aromatic rings. The van der Waals surface area contributed by atoms with E-state index in [1.54, 1.807) is 21.3 Å². The van der Waals surface area contributed by atoms with Crippen molar-refractivity contribution in [3.05, 3.63) is 57.6 Å². The first-order valence-electron chi connectivity index (χ1n) is 8.80. The van der Waals surface area contributed by atoms with Crippen molar-refractivity contribution in [2.75, 3.05) is 26.6 Å². The zero-order valence-electron chi connectivity index (χ0n) is 15.4. The number of fused-ring (bicyclic) bond motifs is 3. The Hall–Kier alpha value is -2.04. The second-order valence-electron chi connectivity index (χ2n) is 6.76. The lowest BCUT2D eigenvalue weighted by Crippen LogP contribution is -2.29. The average molecular weight is 406 g/mol. The fourth-order valence-electron chi connectivity index (χ4n) is 4.21. The Morgan fingerprint density at radius 1 is 1.00 bits per heavy atom. The molecular weight excluding hydrogens is 385 g/mol. The Morgan fingerprint density at radius 2 is 1.70 bits per heavy atom. The van der Waals surface area contributed by atoms with Crippen LogP contribution in [0.15, 0.2) is 36.4 Å². The van der Waals surface area contributed by atoms with Gasteiger partial charge in [-0.1, -0.05) is 41.4 Å². The van der Waals surface area contributed by atoms with Crippen molar-refractivity contribution in [3.8, 4) is 17.2 Å². The highest BCUT2D eigenvalue weighted by molar-refractivity contribution is 6.43. The average Bonchev–Trinajstić information content (AvgIpc) is 3.18. The van der Waals surface area contributed by atoms with Gasteiger partial charge in [0.2, 0.25) is 5.75 Å². The molecule has 27 heavy (non-hydrogen) atoms. The van der Waals surface area contributed by atoms with E-state index in [0.717, 1.165) is 17.7 Å². The normalized spacial score (nSPS) is 22.6. The summed E-state index contributed by atoms with van der Waals surface area (Å²) in [4.78, 5) is 0. The number of ether oxygens (including phenoxy) is 3. The van der Waals surface area contributed by atoms with Crippen molar-refractivity contribution < 1.29 is 14.2 Å². The second-order valence-corrected chi connectivity index (χ2v) is 7.54. The van der Waals surface area contributed by atoms with Gasteiger partial charge in [0.15, 0.2) is 11.5 Å². The standard InChI is InChI=1S/C21H21Cl2NO3/c1-25-16-9-11(10-17(26-2)21(16)27-3)19-13-6-4-5-12(13)14-7-8-15(22)18(23)20(14)24-19/h4-5,7-10,12-13,19,24H,6H2,1-3H3/t12-,13+,19-/m0/s1. The van der Waals surface area contributed by atoms with E-state index in [-0.39, 0.29) is 6.04 Å². The zero-order chi connectivity index (χ0) is 19.1. The molecule has 0 saturated carbocycles. The van der Waals surface area contributed by atoms with Gasteiger partial charge >= 0.3 is 0 Å². The molecule has 0 fully saturated rings. The number of hydrogen-bond donors (Lipinski definition) is 1. The van der Waals surface area contributed by atoms with Crippen LogP contribution in [0.4, 0.5) is 5.69 Å². The van der Waals surface area contributed by atoms with Crippen LogP contribution in [0, 0.1) is 5.92 Å². The van der Waals surface area contributed by atoms with Crippen LogP contribution in [0.1, 0.15) is 29.5 Å². The van der Waals surface area contributed by atoms with E-state index >= 15 is 0 Å². The Bertz CT molecular complexity index is 888. The predicted octanol–water partition coefficient (Wildman–Crippen LogP) is 5.85. The largest absolute Gasteiger partial charge is 0.493 e. The van der Waals surface area contributed by atoms with E-state index in [9.17, 15) is 0 Å². The number of methoxy groups -OCH3 is 3. The minimum absolute atomic E-state index is 0.0437. The summed E-state index contributed by atoms with van der Waals surface area (Å²) in [5.74, 6) is 2.53. The summed E-state index contributed by atoms with van der Waals surface area (Å²) < 4.78 is 16.5. The van der Waals surface area contributed by atoms with Crippen LogP contribution < -0.4 is 19.5 Å². The molecule has 3 atom stereocenters. The predicted molar refractivity (Wildman–Crippen MR) is 109 cm³/mol. The van der Waals surface area contributed by atoms with Gasteiger partial charge in [0.25, 0.3) is 0 Å². The minimum atomic E-state index is 0.0437. The lowest BCUT2D eigenvalue weighted by Gasteiger charge is -2.38. The molecule has 2 aliphatic rings. The molecule has 0 spiro atoms. The van der Waals surface area contributed by atoms with Crippen LogP contribution in [0.2, 0.25) is 10.0 Å². The van der Waals surface area contributed by atoms with Gasteiger partial charge in [0.1, 0.15) is 0 Å². The van der Waals surface area contributed by atoms with Crippen molar-refractivity contribution in [2.24, 2.45) is 5.92 Å². The first kappa shape index (κ1) is 18.3. The molecular formula is C21H21Cl2NO3. The van der Waals surface area contributed by atoms with E-state index in [2.05, 4.69) is 23.5 Å². The highest BCUT2D eigenvalue weighted by atomic mass is 35.5. The Labute approximate surface area is 169 Å². The monoisotopic (exact) mass is 405 g/mol. The molecule has 4 rings (SSSR count). The van der Waals surface area contributed by atoms with Crippen molar-refractivity contribution in [1.29, 1.82) is 0 Å². The van der Waals surface area contributed by atoms with Crippen LogP contribution in [-0.2, 0) is 0 Å². The van der Waals surface area contributed by atoms with Crippen LogP contribution >= 0.6 is 23.2 Å². The fraction of sp³-hybridized carbons (Fsp3) is 0.333. The third-order valence-corrected chi connectivity index (χ3v) is 6.28. The Kier molecular flexibility index (Phi) is 4.87. The number of allylic oxidation sites excluding steroid dienone is 2. The van der Waals surface area contributed by atoms with E-state index in [1.165, 1.54) is 5.56 Å². The third kappa shape index (κ3) is 2.91. The molecule has 0 saturated heterocycles. The first-order chi connectivity index (χ1) is 13.1. The van der Waals surface area contributed by atoms with Crippen molar-refractivity contribution >= 4 is 28.9 Å². The van der Waals surface area contributed by atoms with E-state index in [1.807, 2.05) is 18.2 Å². The van der Waals surface area contributed by atoms with Gasteiger partial charge in [0.05, 0.1) is 43.1 Å². The Morgan fingerprint density at radius 3 is 2.33 bits per heavy atom. The van der Waals surface area contributed by atoms with Gasteiger partial charge in [-0.05, 0) is 41.7 Å². The van der Waals surface area contributed by atoms with Gasteiger partial charge in [0, 0.05) is 5.92 Å². The summed E-state index contributed by atoms with van der Waals surface area (Å²) in [6, 6.07) is 7.97. The quantitative estimate of drug-likeness (QED) is 0.647. The maximum absolute atomic E-state index is 6.53. The number of halogens is 2. The molecule has 1 aliphatic heterocycles. The first-order valence-corrected chi connectivity index (χ1v) is 9.55. The fourth-order valence-corrected chi connectivity index (χ4v) is 4.60. The van der Waals surface area contributed by atoms with Gasteiger partial charge in [-0.3, -0.25) is 0 Å². The molecule has 1 aliphatic carbocycles. The molecule has 6 heteroatoms. The van der Waals surface area contributed by atoms with Crippen LogP contribution in [0.25, 0.3) is 0 Å². The molecule has 0 radical (unpaired) electrons. The molecule has 1 N–H and O–H groups in total. The number of anilines is 1. The summed E-state index contributed by atoms with van der Waals surface area (Å²) in [5, 5.41) is 4.73. The van der Waals surface area contributed by atoms with Gasteiger partial charge in [-0.2, -0.15) is 0 Å². The topological polar surface area (TPSA) is 39.7 Å². The number of benzene rings is 2. The van der Waals surface area contributed by atoms with E-state index in [0.29, 0.717) is 39.1 Å². The zero-order valence-corrected chi connectivity index (χ0v) is 16.9. The summed E-state index contributed by atoms with van der Waals surface area (Å²) in [6.07, 6.45) is 5.48. The number of nitrogens with one attached hydrogen (secondary N) is 1. The van der Waals surface area contributed by atoms with Crippen LogP contribution in [0.3, 0.4) is 0 Å². The SMILES string of the molecule is COc1cc([C@@H]2Nc3c(ccc(Cl)c3Cl)[C@H]3C=CC[C@H]32)cc(OC)c1OC. The maximum Gasteiger partial charge on any atom is 0.203 e. The lowest BCUT2D eigenvalue weighted by atomic mass is 9.77. The molecule has 0 unspecified atom stereocenters. The van der Waals surface area contributed by atoms with Crippen molar-refractivity contribution in [3.63, 3.8) is 0 Å². The van der Waals surface area contributed by atoms with Gasteiger partial charge < -0.3 is 19.5 Å². The van der Waals surface area contributed by atoms with Gasteiger partial charge in [-0.25, -0.2) is 0 Å². The minimum Gasteiger partial charge on any atom is -0.493 e. The molecule has 2 aromatic carbocycles. The van der Waals surface area contributed by atoms with E-state index in [4.69, 9.17) is 37.4 Å². The summed E-state index contributed by atoms with van der Waals surface area (Å²) in [5.41, 5.74) is 3.15. The van der Waals surface area contributed by atoms with Gasteiger partial charge in [-0.15, -0.1) is 0 Å².